The smallest absolute Gasteiger partial charge is 0.339 e. The summed E-state index contributed by atoms with van der Waals surface area (Å²) in [6.07, 6.45) is -3.88. The third-order valence-corrected chi connectivity index (χ3v) is 4.84. The van der Waals surface area contributed by atoms with Crippen LogP contribution in [0.25, 0.3) is 5.69 Å². The van der Waals surface area contributed by atoms with Gasteiger partial charge in [0, 0.05) is 24.9 Å². The van der Waals surface area contributed by atoms with E-state index >= 15 is 0 Å². The van der Waals surface area contributed by atoms with Crippen molar-refractivity contribution < 1.29 is 30.8 Å². The molecule has 0 N–H and O–H groups in total. The fourth-order valence-electron chi connectivity index (χ4n) is 2.35. The molecule has 0 unspecified atom stereocenters. The molecule has 148 valence electrons. The van der Waals surface area contributed by atoms with Crippen LogP contribution in [-0.2, 0) is 16.0 Å². The summed E-state index contributed by atoms with van der Waals surface area (Å²) in [5.41, 5.74) is -2.21. The maximum atomic E-state index is 14.3. The lowest BCUT2D eigenvalue weighted by Crippen LogP contribution is -2.33. The van der Waals surface area contributed by atoms with E-state index in [1.807, 2.05) is 0 Å². The van der Waals surface area contributed by atoms with Crippen molar-refractivity contribution in [3.05, 3.63) is 52.6 Å². The Labute approximate surface area is 158 Å². The third-order valence-electron chi connectivity index (χ3n) is 3.69. The molecule has 0 atom stereocenters. The van der Waals surface area contributed by atoms with Crippen LogP contribution in [0.1, 0.15) is 16.2 Å². The predicted octanol–water partition coefficient (Wildman–Crippen LogP) is 3.41. The number of carbonyl (C=O) groups is 1. The molecule has 1 aromatic heterocycles. The van der Waals surface area contributed by atoms with Gasteiger partial charge in [0.25, 0.3) is 5.91 Å². The van der Waals surface area contributed by atoms with Gasteiger partial charge in [0.2, 0.25) is 0 Å². The second-order valence-electron chi connectivity index (χ2n) is 5.89. The minimum atomic E-state index is -4.85. The summed E-state index contributed by atoms with van der Waals surface area (Å²) in [5, 5.41) is -0.0184. The Bertz CT molecular complexity index is 971. The molecule has 0 fully saturated rings. The molecule has 0 aliphatic rings. The van der Waals surface area contributed by atoms with Gasteiger partial charge in [-0.15, -0.1) is 0 Å². The molecule has 0 saturated carbocycles. The average molecular weight is 427 g/mol. The maximum Gasteiger partial charge on any atom is 0.431 e. The zero-order valence-corrected chi connectivity index (χ0v) is 15.8. The molecule has 0 aliphatic heterocycles. The number of amides is 1. The number of halogens is 5. The molecule has 2 aromatic rings. The monoisotopic (exact) mass is 426 g/mol. The molecule has 27 heavy (non-hydrogen) atoms. The summed E-state index contributed by atoms with van der Waals surface area (Å²) in [6.45, 7) is -0.229. The Morgan fingerprint density at radius 1 is 1.22 bits per heavy atom. The summed E-state index contributed by atoms with van der Waals surface area (Å²) in [4.78, 5) is 13.5. The Morgan fingerprint density at radius 2 is 1.85 bits per heavy atom. The van der Waals surface area contributed by atoms with Gasteiger partial charge in [-0.25, -0.2) is 12.8 Å². The van der Waals surface area contributed by atoms with Gasteiger partial charge in [0.1, 0.15) is 27.0 Å². The Morgan fingerprint density at radius 3 is 2.37 bits per heavy atom. The number of benzene rings is 1. The molecule has 1 aromatic carbocycles. The molecule has 0 saturated heterocycles. The molecule has 1 amide bonds. The zero-order valence-electron chi connectivity index (χ0n) is 14.2. The van der Waals surface area contributed by atoms with Gasteiger partial charge in [-0.2, -0.15) is 13.2 Å². The normalized spacial score (nSPS) is 12.3. The average Bonchev–Trinajstić information content (AvgIpc) is 2.96. The lowest BCUT2D eigenvalue weighted by molar-refractivity contribution is -0.142. The van der Waals surface area contributed by atoms with Crippen LogP contribution >= 0.6 is 11.6 Å². The standard InChI is InChI=1S/C16H15ClF4N2O3S/c1-22(7-8-27(2,25)26)15(24)13-5-6-14(16(19,20)21)23(13)12-4-3-10(17)9-11(12)18/h3-6,9H,7-8H2,1-2H3. The second kappa shape index (κ2) is 7.51. The van der Waals surface area contributed by atoms with Gasteiger partial charge < -0.3 is 4.90 Å². The third kappa shape index (κ3) is 5.01. The highest BCUT2D eigenvalue weighted by Gasteiger charge is 2.37. The van der Waals surface area contributed by atoms with E-state index in [1.54, 1.807) is 0 Å². The molecule has 0 radical (unpaired) electrons. The number of hydrogen-bond donors (Lipinski definition) is 0. The number of rotatable bonds is 5. The molecule has 11 heteroatoms. The highest BCUT2D eigenvalue weighted by Crippen LogP contribution is 2.34. The van der Waals surface area contributed by atoms with E-state index < -0.39 is 44.8 Å². The summed E-state index contributed by atoms with van der Waals surface area (Å²) in [6, 6.07) is 4.63. The molecule has 0 spiro atoms. The van der Waals surface area contributed by atoms with Gasteiger partial charge in [0.15, 0.2) is 0 Å². The van der Waals surface area contributed by atoms with E-state index in [0.717, 1.165) is 29.4 Å². The summed E-state index contributed by atoms with van der Waals surface area (Å²) < 4.78 is 77.2. The quantitative estimate of drug-likeness (QED) is 0.688. The minimum absolute atomic E-state index is 0.0184. The van der Waals surface area contributed by atoms with Crippen molar-refractivity contribution in [1.82, 2.24) is 9.47 Å². The number of nitrogens with zero attached hydrogens (tertiary/aromatic N) is 2. The van der Waals surface area contributed by atoms with E-state index in [4.69, 9.17) is 11.6 Å². The first-order valence-electron chi connectivity index (χ1n) is 7.49. The lowest BCUT2D eigenvalue weighted by Gasteiger charge is -2.20. The molecule has 0 bridgehead atoms. The van der Waals surface area contributed by atoms with Gasteiger partial charge in [-0.1, -0.05) is 11.6 Å². The highest BCUT2D eigenvalue weighted by molar-refractivity contribution is 7.90. The second-order valence-corrected chi connectivity index (χ2v) is 8.59. The van der Waals surface area contributed by atoms with Crippen molar-refractivity contribution in [2.24, 2.45) is 0 Å². The molecule has 2 rings (SSSR count). The highest BCUT2D eigenvalue weighted by atomic mass is 35.5. The van der Waals surface area contributed by atoms with Crippen LogP contribution in [0.5, 0.6) is 0 Å². The fraction of sp³-hybridized carbons (Fsp3) is 0.312. The minimum Gasteiger partial charge on any atom is -0.339 e. The molecule has 1 heterocycles. The van der Waals surface area contributed by atoms with Crippen molar-refractivity contribution in [2.45, 2.75) is 6.18 Å². The van der Waals surface area contributed by atoms with E-state index in [-0.39, 0.29) is 17.3 Å². The summed E-state index contributed by atoms with van der Waals surface area (Å²) >= 11 is 5.64. The number of aromatic nitrogens is 1. The predicted molar refractivity (Wildman–Crippen MR) is 92.4 cm³/mol. The van der Waals surface area contributed by atoms with Crippen molar-refractivity contribution in [1.29, 1.82) is 0 Å². The number of sulfone groups is 1. The van der Waals surface area contributed by atoms with Crippen LogP contribution in [0.4, 0.5) is 17.6 Å². The number of carbonyl (C=O) groups excluding carboxylic acids is 1. The first-order chi connectivity index (χ1) is 12.3. The molecule has 0 aliphatic carbocycles. The van der Waals surface area contributed by atoms with Gasteiger partial charge in [-0.3, -0.25) is 9.36 Å². The lowest BCUT2D eigenvalue weighted by atomic mass is 10.2. The van der Waals surface area contributed by atoms with E-state index in [0.29, 0.717) is 10.6 Å². The van der Waals surface area contributed by atoms with Crippen LogP contribution in [0, 0.1) is 5.82 Å². The van der Waals surface area contributed by atoms with Gasteiger partial charge in [0.05, 0.1) is 11.4 Å². The Hall–Kier alpha value is -2.07. The van der Waals surface area contributed by atoms with Crippen LogP contribution in [0.2, 0.25) is 5.02 Å². The van der Waals surface area contributed by atoms with E-state index in [2.05, 4.69) is 0 Å². The molecular formula is C16H15ClF4N2O3S. The first-order valence-corrected chi connectivity index (χ1v) is 9.92. The van der Waals surface area contributed by atoms with Crippen molar-refractivity contribution >= 4 is 27.3 Å². The van der Waals surface area contributed by atoms with Crippen molar-refractivity contribution in [3.63, 3.8) is 0 Å². The SMILES string of the molecule is CN(CCS(C)(=O)=O)C(=O)c1ccc(C(F)(F)F)n1-c1ccc(Cl)cc1F. The summed E-state index contributed by atoms with van der Waals surface area (Å²) in [5.74, 6) is -2.29. The van der Waals surface area contributed by atoms with Crippen LogP contribution in [0.15, 0.2) is 30.3 Å². The van der Waals surface area contributed by atoms with Gasteiger partial charge in [-0.05, 0) is 30.3 Å². The zero-order chi connectivity index (χ0) is 20.6. The van der Waals surface area contributed by atoms with E-state index in [9.17, 15) is 30.8 Å². The van der Waals surface area contributed by atoms with Crippen LogP contribution in [-0.4, -0.2) is 49.4 Å². The van der Waals surface area contributed by atoms with E-state index in [1.165, 1.54) is 13.1 Å². The van der Waals surface area contributed by atoms with Crippen LogP contribution < -0.4 is 0 Å². The van der Waals surface area contributed by atoms with Crippen molar-refractivity contribution in [3.8, 4) is 5.69 Å². The molecule has 5 nitrogen and oxygen atoms in total. The molecular weight excluding hydrogens is 412 g/mol. The van der Waals surface area contributed by atoms with Gasteiger partial charge >= 0.3 is 6.18 Å². The summed E-state index contributed by atoms with van der Waals surface area (Å²) in [7, 11) is -2.14. The largest absolute Gasteiger partial charge is 0.431 e. The fourth-order valence-corrected chi connectivity index (χ4v) is 3.11. The first kappa shape index (κ1) is 21.2. The number of hydrogen-bond acceptors (Lipinski definition) is 3. The Balaban J connectivity index is 2.55. The topological polar surface area (TPSA) is 59.4 Å². The Kier molecular flexibility index (Phi) is 5.91. The van der Waals surface area contributed by atoms with Crippen molar-refractivity contribution in [2.75, 3.05) is 25.6 Å². The maximum absolute atomic E-state index is 14.3. The van der Waals surface area contributed by atoms with Crippen LogP contribution in [0.3, 0.4) is 0 Å². The number of alkyl halides is 3.